The molecule has 0 bridgehead atoms. The van der Waals surface area contributed by atoms with E-state index in [0.717, 1.165) is 35.5 Å². The van der Waals surface area contributed by atoms with Crippen LogP contribution in [-0.4, -0.2) is 29.2 Å². The second-order valence-corrected chi connectivity index (χ2v) is 7.67. The second kappa shape index (κ2) is 7.34. The van der Waals surface area contributed by atoms with Crippen molar-refractivity contribution in [3.8, 4) is 5.75 Å². The number of hydrogen-bond donors (Lipinski definition) is 1. The number of rotatable bonds is 5. The van der Waals surface area contributed by atoms with Crippen LogP contribution < -0.4 is 10.1 Å². The Labute approximate surface area is 164 Å². The topological polar surface area (TPSA) is 69.6 Å². The highest BCUT2D eigenvalue weighted by atomic mass is 16.5. The van der Waals surface area contributed by atoms with Crippen LogP contribution in [0.15, 0.2) is 30.3 Å². The summed E-state index contributed by atoms with van der Waals surface area (Å²) in [4.78, 5) is 25.3. The van der Waals surface area contributed by atoms with Gasteiger partial charge >= 0.3 is 5.97 Å². The number of esters is 1. The minimum absolute atomic E-state index is 0.140. The average Bonchev–Trinajstić information content (AvgIpc) is 3.46. The lowest BCUT2D eigenvalue weighted by atomic mass is 10.0. The maximum absolute atomic E-state index is 12.6. The van der Waals surface area contributed by atoms with Crippen molar-refractivity contribution < 1.29 is 19.1 Å². The molecule has 2 aliphatic rings. The molecular weight excluding hydrogens is 356 g/mol. The van der Waals surface area contributed by atoms with Crippen LogP contribution >= 0.6 is 0 Å². The third-order valence-corrected chi connectivity index (χ3v) is 5.54. The normalized spacial score (nSPS) is 19.3. The van der Waals surface area contributed by atoms with Gasteiger partial charge in [-0.2, -0.15) is 0 Å². The van der Waals surface area contributed by atoms with Gasteiger partial charge in [-0.05, 0) is 45.7 Å². The number of fused-ring (bicyclic) bond motifs is 1. The highest BCUT2D eigenvalue weighted by Gasteiger charge is 2.30. The van der Waals surface area contributed by atoms with Gasteiger partial charge in [0.15, 0.2) is 6.10 Å². The summed E-state index contributed by atoms with van der Waals surface area (Å²) < 4.78 is 13.3. The number of ether oxygens (including phenoxy) is 2. The molecule has 0 spiro atoms. The monoisotopic (exact) mass is 382 g/mol. The number of aryl methyl sites for hydroxylation is 1. The van der Waals surface area contributed by atoms with E-state index < -0.39 is 12.1 Å². The van der Waals surface area contributed by atoms with Gasteiger partial charge in [0.25, 0.3) is 5.91 Å². The van der Waals surface area contributed by atoms with Gasteiger partial charge in [0.2, 0.25) is 0 Å². The quantitative estimate of drug-likeness (QED) is 0.802. The lowest BCUT2D eigenvalue weighted by molar-refractivity contribution is -0.130. The van der Waals surface area contributed by atoms with Crippen LogP contribution in [-0.2, 0) is 9.53 Å². The van der Waals surface area contributed by atoms with Crippen molar-refractivity contribution in [2.75, 3.05) is 6.61 Å². The van der Waals surface area contributed by atoms with E-state index in [-0.39, 0.29) is 11.9 Å². The van der Waals surface area contributed by atoms with Crippen molar-refractivity contribution in [2.45, 2.75) is 58.2 Å². The highest BCUT2D eigenvalue weighted by molar-refractivity contribution is 5.93. The molecule has 0 radical (unpaired) electrons. The molecule has 1 N–H and O–H groups in total. The number of amides is 1. The standard InChI is InChI=1S/C22H26N2O4/c1-13-12-18(14(2)24(13)16-8-9-16)22(26)28-15(3)21(25)23-19-10-11-27-20-7-5-4-6-17(19)20/h4-7,12,15-16,19H,8-11H2,1-3H3,(H,23,25). The number of hydrogen-bond acceptors (Lipinski definition) is 4. The Kier molecular flexibility index (Phi) is 4.87. The maximum atomic E-state index is 12.6. The van der Waals surface area contributed by atoms with Gasteiger partial charge in [-0.1, -0.05) is 18.2 Å². The molecule has 1 aromatic carbocycles. The summed E-state index contributed by atoms with van der Waals surface area (Å²) in [6, 6.07) is 9.89. The van der Waals surface area contributed by atoms with E-state index in [9.17, 15) is 9.59 Å². The number of carbonyl (C=O) groups excluding carboxylic acids is 2. The Morgan fingerprint density at radius 2 is 1.96 bits per heavy atom. The maximum Gasteiger partial charge on any atom is 0.340 e. The van der Waals surface area contributed by atoms with Crippen molar-refractivity contribution >= 4 is 11.9 Å². The lowest BCUT2D eigenvalue weighted by Crippen LogP contribution is -2.39. The van der Waals surface area contributed by atoms with Crippen LogP contribution in [0.4, 0.5) is 0 Å². The molecule has 2 unspecified atom stereocenters. The van der Waals surface area contributed by atoms with Crippen molar-refractivity contribution in [1.82, 2.24) is 9.88 Å². The van der Waals surface area contributed by atoms with E-state index in [0.29, 0.717) is 24.6 Å². The summed E-state index contributed by atoms with van der Waals surface area (Å²) in [6.07, 6.45) is 2.12. The van der Waals surface area contributed by atoms with Crippen molar-refractivity contribution in [3.63, 3.8) is 0 Å². The number of benzene rings is 1. The summed E-state index contributed by atoms with van der Waals surface area (Å²) in [5, 5.41) is 2.99. The van der Waals surface area contributed by atoms with Crippen LogP contribution in [0.1, 0.15) is 65.6 Å². The van der Waals surface area contributed by atoms with Gasteiger partial charge in [0.1, 0.15) is 5.75 Å². The van der Waals surface area contributed by atoms with E-state index >= 15 is 0 Å². The molecule has 2 heterocycles. The van der Waals surface area contributed by atoms with Crippen molar-refractivity contribution in [2.24, 2.45) is 0 Å². The van der Waals surface area contributed by atoms with Gasteiger partial charge in [-0.3, -0.25) is 4.79 Å². The summed E-state index contributed by atoms with van der Waals surface area (Å²) in [6.45, 7) is 6.09. The van der Waals surface area contributed by atoms with Gasteiger partial charge in [0, 0.05) is 29.4 Å². The first-order valence-electron chi connectivity index (χ1n) is 9.87. The highest BCUT2D eigenvalue weighted by Crippen LogP contribution is 2.38. The third-order valence-electron chi connectivity index (χ3n) is 5.54. The minimum Gasteiger partial charge on any atom is -0.493 e. The fourth-order valence-electron chi connectivity index (χ4n) is 3.94. The molecule has 148 valence electrons. The second-order valence-electron chi connectivity index (χ2n) is 7.67. The Hall–Kier alpha value is -2.76. The van der Waals surface area contributed by atoms with E-state index in [1.807, 2.05) is 44.2 Å². The molecule has 2 atom stereocenters. The average molecular weight is 382 g/mol. The number of aromatic nitrogens is 1. The van der Waals surface area contributed by atoms with Crippen LogP contribution in [0.5, 0.6) is 5.75 Å². The Bertz CT molecular complexity index is 913. The summed E-state index contributed by atoms with van der Waals surface area (Å²) in [7, 11) is 0. The zero-order valence-electron chi connectivity index (χ0n) is 16.5. The minimum atomic E-state index is -0.869. The number of para-hydroxylation sites is 1. The Morgan fingerprint density at radius 3 is 2.71 bits per heavy atom. The largest absolute Gasteiger partial charge is 0.493 e. The van der Waals surface area contributed by atoms with E-state index in [1.165, 1.54) is 0 Å². The first kappa shape index (κ1) is 18.6. The molecule has 1 aliphatic heterocycles. The zero-order valence-corrected chi connectivity index (χ0v) is 16.5. The molecule has 6 heteroatoms. The zero-order chi connectivity index (χ0) is 19.8. The Balaban J connectivity index is 1.41. The van der Waals surface area contributed by atoms with Gasteiger partial charge in [0.05, 0.1) is 18.2 Å². The van der Waals surface area contributed by atoms with Crippen LogP contribution in [0.3, 0.4) is 0 Å². The molecule has 1 aliphatic carbocycles. The molecule has 4 rings (SSSR count). The fraction of sp³-hybridized carbons (Fsp3) is 0.455. The van der Waals surface area contributed by atoms with Crippen LogP contribution in [0.25, 0.3) is 0 Å². The first-order valence-corrected chi connectivity index (χ1v) is 9.87. The fourth-order valence-corrected chi connectivity index (χ4v) is 3.94. The SMILES string of the molecule is Cc1cc(C(=O)OC(C)C(=O)NC2CCOc3ccccc32)c(C)n1C1CC1. The summed E-state index contributed by atoms with van der Waals surface area (Å²) >= 11 is 0. The molecule has 28 heavy (non-hydrogen) atoms. The van der Waals surface area contributed by atoms with Gasteiger partial charge in [-0.25, -0.2) is 4.79 Å². The van der Waals surface area contributed by atoms with Crippen molar-refractivity contribution in [3.05, 3.63) is 52.8 Å². The van der Waals surface area contributed by atoms with E-state index in [4.69, 9.17) is 9.47 Å². The predicted molar refractivity (Wildman–Crippen MR) is 104 cm³/mol. The number of nitrogens with one attached hydrogen (secondary N) is 1. The molecular formula is C22H26N2O4. The first-order chi connectivity index (χ1) is 13.5. The smallest absolute Gasteiger partial charge is 0.340 e. The molecule has 6 nitrogen and oxygen atoms in total. The van der Waals surface area contributed by atoms with E-state index in [2.05, 4.69) is 9.88 Å². The van der Waals surface area contributed by atoms with Crippen molar-refractivity contribution in [1.29, 1.82) is 0 Å². The molecule has 1 aromatic heterocycles. The van der Waals surface area contributed by atoms with Crippen LogP contribution in [0.2, 0.25) is 0 Å². The van der Waals surface area contributed by atoms with Crippen LogP contribution in [0, 0.1) is 13.8 Å². The summed E-state index contributed by atoms with van der Waals surface area (Å²) in [5.74, 6) is 0.0392. The lowest BCUT2D eigenvalue weighted by Gasteiger charge is -2.27. The van der Waals surface area contributed by atoms with Gasteiger partial charge < -0.3 is 19.4 Å². The van der Waals surface area contributed by atoms with Gasteiger partial charge in [-0.15, -0.1) is 0 Å². The molecule has 1 fully saturated rings. The Morgan fingerprint density at radius 1 is 1.21 bits per heavy atom. The van der Waals surface area contributed by atoms with E-state index in [1.54, 1.807) is 6.92 Å². The number of nitrogens with zero attached hydrogens (tertiary/aromatic N) is 1. The number of carbonyl (C=O) groups is 2. The summed E-state index contributed by atoms with van der Waals surface area (Å²) in [5.41, 5.74) is 3.47. The third kappa shape index (κ3) is 3.51. The molecule has 2 aromatic rings. The molecule has 1 amide bonds. The molecule has 1 saturated carbocycles. The molecule has 0 saturated heterocycles. The predicted octanol–water partition coefficient (Wildman–Crippen LogP) is 3.63.